The van der Waals surface area contributed by atoms with E-state index in [0.29, 0.717) is 0 Å². The van der Waals surface area contributed by atoms with Gasteiger partial charge in [-0.25, -0.2) is 4.39 Å². The number of carbonyl (C=O) groups excluding carboxylic acids is 3. The summed E-state index contributed by atoms with van der Waals surface area (Å²) in [5.74, 6) is -6.90. The van der Waals surface area contributed by atoms with Gasteiger partial charge in [-0.05, 0) is 18.6 Å². The summed E-state index contributed by atoms with van der Waals surface area (Å²) in [4.78, 5) is 36.8. The van der Waals surface area contributed by atoms with E-state index < -0.39 is 53.3 Å². The summed E-state index contributed by atoms with van der Waals surface area (Å²) in [6.07, 6.45) is -0.433. The Morgan fingerprint density at radius 2 is 1.79 bits per heavy atom. The maximum atomic E-state index is 14.3. The maximum absolute atomic E-state index is 14.3. The van der Waals surface area contributed by atoms with E-state index in [9.17, 15) is 23.9 Å². The fraction of sp³-hybridized carbons (Fsp3) is 0.471. The lowest BCUT2D eigenvalue weighted by Crippen LogP contribution is -2.55. The van der Waals surface area contributed by atoms with E-state index in [1.807, 2.05) is 0 Å². The van der Waals surface area contributed by atoms with Crippen molar-refractivity contribution in [2.75, 3.05) is 14.2 Å². The molecule has 1 N–H and O–H groups in total. The van der Waals surface area contributed by atoms with Gasteiger partial charge in [0.15, 0.2) is 5.78 Å². The van der Waals surface area contributed by atoms with Crippen LogP contribution in [0.1, 0.15) is 24.8 Å². The predicted molar refractivity (Wildman–Crippen MR) is 80.4 cm³/mol. The zero-order valence-corrected chi connectivity index (χ0v) is 13.6. The fourth-order valence-corrected chi connectivity index (χ4v) is 3.39. The molecule has 1 aliphatic rings. The summed E-state index contributed by atoms with van der Waals surface area (Å²) in [5.41, 5.74) is -1.79. The van der Waals surface area contributed by atoms with Gasteiger partial charge in [0.05, 0.1) is 25.7 Å². The normalized spacial score (nSPS) is 29.9. The van der Waals surface area contributed by atoms with E-state index in [4.69, 9.17) is 4.74 Å². The molecule has 2 rings (SSSR count). The number of ether oxygens (including phenoxy) is 2. The van der Waals surface area contributed by atoms with E-state index >= 15 is 0 Å². The summed E-state index contributed by atoms with van der Waals surface area (Å²) in [7, 11) is 2.23. The third kappa shape index (κ3) is 3.03. The molecule has 0 radical (unpaired) electrons. The second-order valence-corrected chi connectivity index (χ2v) is 6.05. The molecule has 0 bridgehead atoms. The Morgan fingerprint density at radius 3 is 2.33 bits per heavy atom. The lowest BCUT2D eigenvalue weighted by atomic mass is 9.61. The number of carbonyl (C=O) groups is 3. The predicted octanol–water partition coefficient (Wildman–Crippen LogP) is 1.21. The smallest absolute Gasteiger partial charge is 0.316 e. The third-order valence-corrected chi connectivity index (χ3v) is 4.44. The van der Waals surface area contributed by atoms with Crippen molar-refractivity contribution in [2.45, 2.75) is 24.9 Å². The van der Waals surface area contributed by atoms with E-state index in [-0.39, 0.29) is 5.56 Å². The van der Waals surface area contributed by atoms with Gasteiger partial charge in [0.2, 0.25) is 0 Å². The van der Waals surface area contributed by atoms with Crippen molar-refractivity contribution in [1.82, 2.24) is 0 Å². The number of rotatable bonds is 3. The van der Waals surface area contributed by atoms with Gasteiger partial charge in [0, 0.05) is 12.3 Å². The molecule has 1 aromatic carbocycles. The summed E-state index contributed by atoms with van der Waals surface area (Å²) in [5, 5.41) is 10.6. The first kappa shape index (κ1) is 18.1. The van der Waals surface area contributed by atoms with Crippen LogP contribution in [-0.4, -0.2) is 42.6 Å². The van der Waals surface area contributed by atoms with E-state index in [1.54, 1.807) is 0 Å². The summed E-state index contributed by atoms with van der Waals surface area (Å²) >= 11 is 0. The van der Waals surface area contributed by atoms with E-state index in [1.165, 1.54) is 25.1 Å². The van der Waals surface area contributed by atoms with Crippen molar-refractivity contribution < 1.29 is 33.4 Å². The number of hydrogen-bond acceptors (Lipinski definition) is 6. The molecule has 130 valence electrons. The number of halogens is 1. The molecule has 4 atom stereocenters. The summed E-state index contributed by atoms with van der Waals surface area (Å²) in [6.45, 7) is 1.30. The number of methoxy groups -OCH3 is 2. The second kappa shape index (κ2) is 6.68. The van der Waals surface area contributed by atoms with Crippen molar-refractivity contribution in [2.24, 2.45) is 11.8 Å². The average Bonchev–Trinajstić information content (AvgIpc) is 2.52. The third-order valence-electron chi connectivity index (χ3n) is 4.44. The number of ketones is 1. The number of aliphatic hydroxyl groups is 1. The summed E-state index contributed by atoms with van der Waals surface area (Å²) in [6, 6.07) is 5.50. The molecule has 0 amide bonds. The monoisotopic (exact) mass is 338 g/mol. The van der Waals surface area contributed by atoms with Crippen LogP contribution in [0.2, 0.25) is 0 Å². The minimum atomic E-state index is -1.78. The Labute approximate surface area is 138 Å². The zero-order chi connectivity index (χ0) is 18.1. The molecule has 1 aromatic rings. The van der Waals surface area contributed by atoms with Crippen LogP contribution in [0.3, 0.4) is 0 Å². The van der Waals surface area contributed by atoms with E-state index in [0.717, 1.165) is 20.3 Å². The Kier molecular flexibility index (Phi) is 5.03. The Balaban J connectivity index is 2.68. The molecule has 1 saturated carbocycles. The first-order chi connectivity index (χ1) is 11.2. The molecule has 0 heterocycles. The number of Topliss-reactive ketones (excluding diaryl/α,β-unsaturated/α-hetero) is 1. The molecular formula is C17H19FO6. The van der Waals surface area contributed by atoms with Crippen molar-refractivity contribution in [3.05, 3.63) is 35.6 Å². The van der Waals surface area contributed by atoms with Gasteiger partial charge in [0.1, 0.15) is 11.7 Å². The first-order valence-electron chi connectivity index (χ1n) is 7.39. The van der Waals surface area contributed by atoms with Gasteiger partial charge in [0.25, 0.3) is 0 Å². The van der Waals surface area contributed by atoms with Gasteiger partial charge in [-0.1, -0.05) is 18.2 Å². The molecular weight excluding hydrogens is 319 g/mol. The minimum absolute atomic E-state index is 0.0170. The molecule has 6 nitrogen and oxygen atoms in total. The van der Waals surface area contributed by atoms with Gasteiger partial charge < -0.3 is 14.6 Å². The Hall–Kier alpha value is -2.28. The molecule has 0 aromatic heterocycles. The van der Waals surface area contributed by atoms with Crippen molar-refractivity contribution in [3.63, 3.8) is 0 Å². The van der Waals surface area contributed by atoms with Crippen molar-refractivity contribution in [1.29, 1.82) is 0 Å². The average molecular weight is 338 g/mol. The van der Waals surface area contributed by atoms with Gasteiger partial charge >= 0.3 is 11.9 Å². The highest BCUT2D eigenvalue weighted by molar-refractivity contribution is 6.02. The number of esters is 2. The molecule has 0 spiro atoms. The number of hydrogen-bond donors (Lipinski definition) is 1. The second-order valence-electron chi connectivity index (χ2n) is 6.05. The van der Waals surface area contributed by atoms with Crippen LogP contribution in [0.15, 0.2) is 24.3 Å². The fourth-order valence-electron chi connectivity index (χ4n) is 3.39. The molecule has 0 aliphatic heterocycles. The molecule has 1 aliphatic carbocycles. The van der Waals surface area contributed by atoms with Crippen LogP contribution in [-0.2, 0) is 23.9 Å². The minimum Gasteiger partial charge on any atom is -0.469 e. The van der Waals surface area contributed by atoms with Crippen LogP contribution in [0.25, 0.3) is 0 Å². The van der Waals surface area contributed by atoms with Crippen LogP contribution >= 0.6 is 0 Å². The topological polar surface area (TPSA) is 89.9 Å². The maximum Gasteiger partial charge on any atom is 0.316 e. The van der Waals surface area contributed by atoms with Crippen LogP contribution in [0, 0.1) is 17.7 Å². The quantitative estimate of drug-likeness (QED) is 0.658. The molecule has 1 fully saturated rings. The Bertz CT molecular complexity index is 669. The highest BCUT2D eigenvalue weighted by Crippen LogP contribution is 2.47. The van der Waals surface area contributed by atoms with Crippen LogP contribution < -0.4 is 0 Å². The van der Waals surface area contributed by atoms with E-state index in [2.05, 4.69) is 4.74 Å². The van der Waals surface area contributed by atoms with Crippen LogP contribution in [0.5, 0.6) is 0 Å². The SMILES string of the molecule is COC(=O)[C@H]1C(=O)C[C@](C)(O)[C@@H](C(=O)OC)[C@H]1c1ccccc1F. The molecule has 7 heteroatoms. The van der Waals surface area contributed by atoms with Crippen LogP contribution in [0.4, 0.5) is 4.39 Å². The lowest BCUT2D eigenvalue weighted by Gasteiger charge is -2.43. The standard InChI is InChI=1S/C17H19FO6/c1-17(22)8-11(19)13(15(20)23-2)12(14(17)16(21)24-3)9-6-4-5-7-10(9)18/h4-7,12-14,22H,8H2,1-3H3/t12-,13-,14+,17-/m0/s1. The number of benzene rings is 1. The highest BCUT2D eigenvalue weighted by Gasteiger charge is 2.57. The van der Waals surface area contributed by atoms with Crippen molar-refractivity contribution >= 4 is 17.7 Å². The van der Waals surface area contributed by atoms with Crippen molar-refractivity contribution in [3.8, 4) is 0 Å². The first-order valence-corrected chi connectivity index (χ1v) is 7.39. The van der Waals surface area contributed by atoms with Gasteiger partial charge in [-0.3, -0.25) is 14.4 Å². The Morgan fingerprint density at radius 1 is 1.21 bits per heavy atom. The largest absolute Gasteiger partial charge is 0.469 e. The molecule has 24 heavy (non-hydrogen) atoms. The van der Waals surface area contributed by atoms with Gasteiger partial charge in [-0.15, -0.1) is 0 Å². The van der Waals surface area contributed by atoms with Gasteiger partial charge in [-0.2, -0.15) is 0 Å². The molecule has 0 saturated heterocycles. The zero-order valence-electron chi connectivity index (χ0n) is 13.6. The lowest BCUT2D eigenvalue weighted by molar-refractivity contribution is -0.170. The summed E-state index contributed by atoms with van der Waals surface area (Å²) < 4.78 is 23.7. The molecule has 0 unspecified atom stereocenters. The highest BCUT2D eigenvalue weighted by atomic mass is 19.1.